The van der Waals surface area contributed by atoms with E-state index >= 15 is 0 Å². The maximum atomic E-state index is 13.7. The van der Waals surface area contributed by atoms with Crippen molar-refractivity contribution in [1.82, 2.24) is 41.9 Å². The summed E-state index contributed by atoms with van der Waals surface area (Å²) in [6.07, 6.45) is -5.01. The summed E-state index contributed by atoms with van der Waals surface area (Å²) in [5.74, 6) is -15.3. The minimum Gasteiger partial charge on any atom is -0.481 e. The summed E-state index contributed by atoms with van der Waals surface area (Å²) < 4.78 is 0. The fourth-order valence-corrected chi connectivity index (χ4v) is 7.48. The molecule has 410 valence electrons. The number of aliphatic carboxylic acids is 5. The number of carboxylic acid groups (broad SMARTS) is 5. The van der Waals surface area contributed by atoms with E-state index in [1.54, 1.807) is 31.1 Å². The Morgan fingerprint density at radius 1 is 0.760 bits per heavy atom. The predicted molar refractivity (Wildman–Crippen MR) is 267 cm³/mol. The molecular formula is C43H60N14O17S. The van der Waals surface area contributed by atoms with Crippen LogP contribution in [-0.2, 0) is 47.9 Å². The number of nitrogens with zero attached hydrogens (tertiary/aromatic N) is 4. The first-order valence-corrected chi connectivity index (χ1v) is 23.3. The molecule has 0 fully saturated rings. The Hall–Kier alpha value is -8.71. The van der Waals surface area contributed by atoms with Crippen LogP contribution in [0.4, 0.5) is 23.1 Å². The number of hydrogen-bond donors (Lipinski definition) is 16. The number of benzene rings is 1. The van der Waals surface area contributed by atoms with Crippen molar-refractivity contribution in [2.75, 3.05) is 60.3 Å². The first-order chi connectivity index (χ1) is 35.2. The predicted octanol–water partition coefficient (Wildman–Crippen LogP) is -4.30. The Labute approximate surface area is 431 Å². The fraction of sp³-hybridized carbons (Fsp3) is 0.488. The van der Waals surface area contributed by atoms with Gasteiger partial charge in [0.1, 0.15) is 41.9 Å². The van der Waals surface area contributed by atoms with Crippen LogP contribution < -0.4 is 64.0 Å². The number of amides is 6. The molecule has 1 aromatic carbocycles. The first-order valence-electron chi connectivity index (χ1n) is 22.7. The maximum Gasteiger partial charge on any atom is 0.327 e. The van der Waals surface area contributed by atoms with Gasteiger partial charge in [-0.3, -0.25) is 57.9 Å². The van der Waals surface area contributed by atoms with Gasteiger partial charge in [0.15, 0.2) is 5.82 Å². The number of hydrogen-bond acceptors (Lipinski definition) is 19. The zero-order chi connectivity index (χ0) is 56.3. The zero-order valence-electron chi connectivity index (χ0n) is 40.7. The molecule has 0 bridgehead atoms. The van der Waals surface area contributed by atoms with Gasteiger partial charge in [0, 0.05) is 57.2 Å². The van der Waals surface area contributed by atoms with E-state index in [1.165, 1.54) is 19.1 Å². The van der Waals surface area contributed by atoms with Gasteiger partial charge in [-0.15, -0.1) is 0 Å². The van der Waals surface area contributed by atoms with E-state index in [0.29, 0.717) is 30.3 Å². The van der Waals surface area contributed by atoms with Crippen molar-refractivity contribution in [3.8, 4) is 0 Å². The van der Waals surface area contributed by atoms with Crippen molar-refractivity contribution in [2.45, 2.75) is 94.2 Å². The number of nitrogens with two attached hydrogens (primary N) is 2. The summed E-state index contributed by atoms with van der Waals surface area (Å²) in [6, 6.07) is -5.17. The molecule has 1 aliphatic rings. The Kier molecular flexibility index (Phi) is 23.0. The van der Waals surface area contributed by atoms with Crippen molar-refractivity contribution in [1.29, 1.82) is 0 Å². The first kappa shape index (κ1) is 60.6. The number of aliphatic imine (C=N–C) groups is 1. The quantitative estimate of drug-likeness (QED) is 0.0152. The third kappa shape index (κ3) is 19.3. The van der Waals surface area contributed by atoms with Crippen LogP contribution in [0, 0.1) is 0 Å². The van der Waals surface area contributed by atoms with Gasteiger partial charge in [-0.05, 0) is 50.5 Å². The molecule has 6 amide bonds. The topological polar surface area (TPSA) is 490 Å². The van der Waals surface area contributed by atoms with Gasteiger partial charge >= 0.3 is 29.8 Å². The number of amidine groups is 1. The fourth-order valence-electron chi connectivity index (χ4n) is 7.23. The summed E-state index contributed by atoms with van der Waals surface area (Å²) >= 11 is 3.80. The molecule has 32 heteroatoms. The highest BCUT2D eigenvalue weighted by atomic mass is 32.1. The third-order valence-corrected chi connectivity index (χ3v) is 11.5. The summed E-state index contributed by atoms with van der Waals surface area (Å²) in [7, 11) is 3.52. The summed E-state index contributed by atoms with van der Waals surface area (Å²) in [6.45, 7) is 2.24. The molecule has 1 aliphatic heterocycles. The number of aromatic amines is 1. The number of rotatable bonds is 30. The second-order valence-corrected chi connectivity index (χ2v) is 17.3. The molecule has 1 unspecified atom stereocenters. The summed E-state index contributed by atoms with van der Waals surface area (Å²) in [5.41, 5.74) is 11.8. The number of nitrogen functional groups attached to an aromatic ring is 1. The van der Waals surface area contributed by atoms with Crippen LogP contribution in [0.1, 0.15) is 62.2 Å². The standard InChI is InChI=1S/C43H60N14O17S/c1-19(44)46-12-4-5-23(36(66)51-26(14-31(61)62)38(68)52-27(15-32(63)64)39(69)53-28(18-75)42(73)74)49-37(67)25(13-30(59)60)48-29(58)11-10-24(41(71)72)50-35(65)20-6-8-21(9-7-20)56(2)17-22-16-47-34-33(57(22)3)40(70)55-43(45)54-34/h6-9,22-28,75H,4-5,10-18H2,1-3H3,(H2,44,46)(H,48,58)(H,49,67)(H,50,65)(H,51,66)(H,52,68)(H,53,69)(H,59,60)(H,61,62)(H,63,64)(H,71,72)(H,73,74)(H4,45,47,54,55,70)/t22?,23-,24-,25-,26-,27-,28-/m0/s1. The lowest BCUT2D eigenvalue weighted by molar-refractivity contribution is -0.144. The molecule has 2 heterocycles. The van der Waals surface area contributed by atoms with Gasteiger partial charge in [0.05, 0.1) is 31.1 Å². The second-order valence-electron chi connectivity index (χ2n) is 17.0. The van der Waals surface area contributed by atoms with E-state index in [1.807, 2.05) is 15.5 Å². The van der Waals surface area contributed by atoms with Crippen LogP contribution in [0.2, 0.25) is 0 Å². The minimum atomic E-state index is -2.08. The number of anilines is 4. The molecular weight excluding hydrogens is 1020 g/mol. The van der Waals surface area contributed by atoms with Gasteiger partial charge in [-0.1, -0.05) is 0 Å². The normalized spacial score (nSPS) is 15.3. The van der Waals surface area contributed by atoms with Crippen LogP contribution >= 0.6 is 12.6 Å². The largest absolute Gasteiger partial charge is 0.481 e. The van der Waals surface area contributed by atoms with Crippen molar-refractivity contribution in [2.24, 2.45) is 10.7 Å². The average molecular weight is 1080 g/mol. The second kappa shape index (κ2) is 28.5. The minimum absolute atomic E-state index is 0.0237. The number of carboxylic acids is 5. The Morgan fingerprint density at radius 2 is 1.25 bits per heavy atom. The maximum absolute atomic E-state index is 13.7. The Bertz CT molecular complexity index is 2560. The molecule has 31 nitrogen and oxygen atoms in total. The number of fused-ring (bicyclic) bond motifs is 1. The number of carbonyl (C=O) groups excluding carboxylic acids is 6. The van der Waals surface area contributed by atoms with Crippen molar-refractivity contribution < 1.29 is 78.3 Å². The highest BCUT2D eigenvalue weighted by molar-refractivity contribution is 7.80. The van der Waals surface area contributed by atoms with Crippen LogP contribution in [-0.4, -0.2) is 188 Å². The highest BCUT2D eigenvalue weighted by Gasteiger charge is 2.35. The van der Waals surface area contributed by atoms with Crippen molar-refractivity contribution in [3.05, 3.63) is 40.2 Å². The monoisotopic (exact) mass is 1080 g/mol. The molecule has 3 rings (SSSR count). The lowest BCUT2D eigenvalue weighted by Crippen LogP contribution is -2.59. The lowest BCUT2D eigenvalue weighted by atomic mass is 10.1. The summed E-state index contributed by atoms with van der Waals surface area (Å²) in [5, 5.41) is 63.6. The highest BCUT2D eigenvalue weighted by Crippen LogP contribution is 2.26. The number of likely N-dealkylation sites (N-methyl/N-ethyl adjacent to an activating group) is 2. The van der Waals surface area contributed by atoms with Crippen LogP contribution in [0.5, 0.6) is 0 Å². The van der Waals surface area contributed by atoms with E-state index in [2.05, 4.69) is 54.2 Å². The number of aromatic nitrogens is 2. The molecule has 0 saturated carbocycles. The number of nitrogens with one attached hydrogen (secondary N) is 8. The van der Waals surface area contributed by atoms with Gasteiger partial charge in [-0.2, -0.15) is 17.6 Å². The lowest BCUT2D eigenvalue weighted by Gasteiger charge is -2.37. The molecule has 2 aromatic rings. The number of carbonyl (C=O) groups is 11. The number of thiol groups is 1. The Morgan fingerprint density at radius 3 is 1.75 bits per heavy atom. The van der Waals surface area contributed by atoms with Crippen molar-refractivity contribution >= 4 is 107 Å². The number of H-pyrrole nitrogens is 1. The molecule has 0 aliphatic carbocycles. The van der Waals surface area contributed by atoms with Gasteiger partial charge < -0.3 is 84.0 Å². The van der Waals surface area contributed by atoms with E-state index < -0.39 is 145 Å². The average Bonchev–Trinajstić information content (AvgIpc) is 3.31. The van der Waals surface area contributed by atoms with E-state index in [-0.39, 0.29) is 42.8 Å². The zero-order valence-corrected chi connectivity index (χ0v) is 41.5. The van der Waals surface area contributed by atoms with Gasteiger partial charge in [0.25, 0.3) is 11.5 Å². The molecule has 7 atom stereocenters. The SMILES string of the molecule is CC(N)=NCCC[C@H](NC(=O)[C@H](CC(=O)O)NC(=O)CC[C@H](NC(=O)c1ccc(N(C)CC2CNc3nc(N)[nH]c(=O)c3N2C)cc1)C(=O)O)C(=O)N[C@@H](CC(=O)O)C(=O)N[C@@H](CC(=O)O)C(=O)N[C@@H](CS)C(=O)O. The van der Waals surface area contributed by atoms with Crippen molar-refractivity contribution in [3.63, 3.8) is 0 Å². The van der Waals surface area contributed by atoms with Gasteiger partial charge in [-0.25, -0.2) is 9.59 Å². The molecule has 0 saturated heterocycles. The molecule has 17 N–H and O–H groups in total. The van der Waals surface area contributed by atoms with E-state index in [9.17, 15) is 83.1 Å². The Balaban J connectivity index is 1.71. The van der Waals surface area contributed by atoms with E-state index in [0.717, 1.165) is 0 Å². The van der Waals surface area contributed by atoms with Crippen LogP contribution in [0.3, 0.4) is 0 Å². The summed E-state index contributed by atoms with van der Waals surface area (Å²) in [4.78, 5) is 166. The molecule has 75 heavy (non-hydrogen) atoms. The third-order valence-electron chi connectivity index (χ3n) is 11.1. The molecule has 1 aromatic heterocycles. The smallest absolute Gasteiger partial charge is 0.327 e. The van der Waals surface area contributed by atoms with Gasteiger partial charge in [0.2, 0.25) is 35.5 Å². The van der Waals surface area contributed by atoms with Crippen LogP contribution in [0.15, 0.2) is 34.1 Å². The molecule has 0 radical (unpaired) electrons. The van der Waals surface area contributed by atoms with E-state index in [4.69, 9.17) is 11.5 Å². The van der Waals surface area contributed by atoms with Crippen LogP contribution in [0.25, 0.3) is 0 Å². The molecule has 0 spiro atoms.